The average molecular weight is 560 g/mol. The average Bonchev–Trinajstić information content (AvgIpc) is 2.96. The molecule has 1 unspecified atom stereocenters. The van der Waals surface area contributed by atoms with Crippen LogP contribution >= 0.6 is 11.6 Å². The van der Waals surface area contributed by atoms with Crippen LogP contribution in [0.3, 0.4) is 0 Å². The van der Waals surface area contributed by atoms with E-state index >= 15 is 0 Å². The third-order valence-electron chi connectivity index (χ3n) is 6.41. The molecule has 4 heterocycles. The van der Waals surface area contributed by atoms with Crippen LogP contribution in [0, 0.1) is 0 Å². The Morgan fingerprint density at radius 2 is 2.00 bits per heavy atom. The highest BCUT2D eigenvalue weighted by Gasteiger charge is 2.24. The number of rotatable bonds is 9. The van der Waals surface area contributed by atoms with Crippen LogP contribution in [0.2, 0.25) is 5.02 Å². The minimum Gasteiger partial charge on any atom is -0.487 e. The smallest absolute Gasteiger partial charge is 0.407 e. The zero-order chi connectivity index (χ0) is 27.2. The number of nitrogens with one attached hydrogen (secondary N) is 1. The maximum absolute atomic E-state index is 12.3. The number of hydrogen-bond donors (Lipinski definition) is 2. The first-order valence-electron chi connectivity index (χ1n) is 12.7. The number of nitrogens with zero attached hydrogens (tertiary/aromatic N) is 4. The number of carbonyl (C=O) groups is 1. The van der Waals surface area contributed by atoms with Crippen LogP contribution < -0.4 is 24.3 Å². The third-order valence-corrected chi connectivity index (χ3v) is 6.70. The molecular formula is C26H30ClN5O7. The molecule has 13 heteroatoms. The number of alkyl carbamates (subject to hydrolysis) is 1. The normalized spacial score (nSPS) is 16.5. The van der Waals surface area contributed by atoms with Crippen LogP contribution in [0.15, 0.2) is 30.6 Å². The lowest BCUT2D eigenvalue weighted by Gasteiger charge is -2.32. The quantitative estimate of drug-likeness (QED) is 0.400. The van der Waals surface area contributed by atoms with Crippen molar-refractivity contribution in [2.45, 2.75) is 31.6 Å². The summed E-state index contributed by atoms with van der Waals surface area (Å²) in [6, 6.07) is 5.18. The standard InChI is InChI=1S/C26H30ClN5O7/c1-35-23-13-29-20-3-2-19(27)25(24(20)31-23)38-15-17(33)14-32-6-4-18(5-7-32)39-26(34)30-11-16-10-21-22(12-28-16)37-9-8-36-21/h2-3,10,12-13,17-18,33H,4-9,11,14-15H2,1H3,(H,30,34). The Morgan fingerprint density at radius 1 is 1.21 bits per heavy atom. The van der Waals surface area contributed by atoms with E-state index in [1.807, 2.05) is 0 Å². The van der Waals surface area contributed by atoms with Crippen molar-refractivity contribution in [2.75, 3.05) is 46.6 Å². The number of pyridine rings is 1. The minimum atomic E-state index is -0.755. The number of ether oxygens (including phenoxy) is 5. The van der Waals surface area contributed by atoms with E-state index in [0.29, 0.717) is 90.6 Å². The van der Waals surface area contributed by atoms with Gasteiger partial charge in [0.15, 0.2) is 17.2 Å². The molecule has 0 aliphatic carbocycles. The number of amides is 1. The number of hydrogen-bond acceptors (Lipinski definition) is 11. The molecule has 1 atom stereocenters. The van der Waals surface area contributed by atoms with E-state index in [0.717, 1.165) is 0 Å². The Morgan fingerprint density at radius 3 is 2.79 bits per heavy atom. The molecule has 0 spiro atoms. The predicted molar refractivity (Wildman–Crippen MR) is 141 cm³/mol. The molecule has 1 amide bonds. The molecule has 5 rings (SSSR count). The van der Waals surface area contributed by atoms with Gasteiger partial charge >= 0.3 is 6.09 Å². The van der Waals surface area contributed by atoms with E-state index in [1.54, 1.807) is 24.4 Å². The number of likely N-dealkylation sites (tertiary alicyclic amines) is 1. The van der Waals surface area contributed by atoms with E-state index in [-0.39, 0.29) is 19.3 Å². The molecule has 12 nitrogen and oxygen atoms in total. The van der Waals surface area contributed by atoms with E-state index in [1.165, 1.54) is 13.3 Å². The van der Waals surface area contributed by atoms with Crippen LogP contribution in [-0.2, 0) is 11.3 Å². The van der Waals surface area contributed by atoms with Gasteiger partial charge in [0.1, 0.15) is 37.5 Å². The van der Waals surface area contributed by atoms with Gasteiger partial charge in [0.2, 0.25) is 5.88 Å². The number of methoxy groups -OCH3 is 1. The largest absolute Gasteiger partial charge is 0.487 e. The summed E-state index contributed by atoms with van der Waals surface area (Å²) in [6.45, 7) is 3.00. The molecule has 39 heavy (non-hydrogen) atoms. The third kappa shape index (κ3) is 6.88. The molecule has 2 aliphatic heterocycles. The molecule has 2 aromatic heterocycles. The predicted octanol–water partition coefficient (Wildman–Crippen LogP) is 2.59. The Kier molecular flexibility index (Phi) is 8.64. The van der Waals surface area contributed by atoms with Gasteiger partial charge in [-0.2, -0.15) is 0 Å². The van der Waals surface area contributed by atoms with Crippen LogP contribution in [0.1, 0.15) is 18.5 Å². The van der Waals surface area contributed by atoms with Crippen LogP contribution in [0.5, 0.6) is 23.1 Å². The van der Waals surface area contributed by atoms with Crippen molar-refractivity contribution in [3.05, 3.63) is 41.3 Å². The summed E-state index contributed by atoms with van der Waals surface area (Å²) in [5.41, 5.74) is 1.73. The molecule has 2 N–H and O–H groups in total. The van der Waals surface area contributed by atoms with Crippen molar-refractivity contribution < 1.29 is 33.6 Å². The second-order valence-corrected chi connectivity index (χ2v) is 9.61. The Hall–Kier alpha value is -3.61. The zero-order valence-electron chi connectivity index (χ0n) is 21.5. The molecule has 1 saturated heterocycles. The maximum atomic E-state index is 12.3. The van der Waals surface area contributed by atoms with Crippen LogP contribution in [0.25, 0.3) is 11.0 Å². The van der Waals surface area contributed by atoms with Crippen LogP contribution in [-0.4, -0.2) is 89.8 Å². The zero-order valence-corrected chi connectivity index (χ0v) is 22.2. The monoisotopic (exact) mass is 559 g/mol. The summed E-state index contributed by atoms with van der Waals surface area (Å²) >= 11 is 6.33. The van der Waals surface area contributed by atoms with Crippen molar-refractivity contribution in [1.29, 1.82) is 0 Å². The van der Waals surface area contributed by atoms with Gasteiger partial charge in [-0.3, -0.25) is 4.98 Å². The topological polar surface area (TPSA) is 137 Å². The van der Waals surface area contributed by atoms with Crippen molar-refractivity contribution in [3.8, 4) is 23.1 Å². The lowest BCUT2D eigenvalue weighted by molar-refractivity contribution is 0.0232. The number of carbonyl (C=O) groups excluding carboxylic acids is 1. The molecule has 3 aromatic rings. The number of aliphatic hydroxyl groups is 1. The SMILES string of the molecule is COc1cnc2ccc(Cl)c(OCC(O)CN3CCC(OC(=O)NCc4cc5c(cn4)OCCO5)CC3)c2n1. The van der Waals surface area contributed by atoms with E-state index in [4.69, 9.17) is 35.3 Å². The second-order valence-electron chi connectivity index (χ2n) is 9.20. The summed E-state index contributed by atoms with van der Waals surface area (Å²) in [5.74, 6) is 1.91. The number of aliphatic hydroxyl groups excluding tert-OH is 1. The second kappa shape index (κ2) is 12.5. The first-order chi connectivity index (χ1) is 19.0. The first kappa shape index (κ1) is 27.0. The van der Waals surface area contributed by atoms with Gasteiger partial charge in [-0.05, 0) is 25.0 Å². The number of halogens is 1. The summed E-state index contributed by atoms with van der Waals surface area (Å²) < 4.78 is 27.6. The van der Waals surface area contributed by atoms with Crippen molar-refractivity contribution in [2.24, 2.45) is 0 Å². The molecular weight excluding hydrogens is 530 g/mol. The first-order valence-corrected chi connectivity index (χ1v) is 13.1. The van der Waals surface area contributed by atoms with Gasteiger partial charge in [0, 0.05) is 25.7 Å². The number of benzene rings is 1. The molecule has 1 fully saturated rings. The lowest BCUT2D eigenvalue weighted by atomic mass is 10.1. The summed E-state index contributed by atoms with van der Waals surface area (Å²) in [4.78, 5) is 27.4. The molecule has 2 aliphatic rings. The van der Waals surface area contributed by atoms with Crippen molar-refractivity contribution in [3.63, 3.8) is 0 Å². The highest BCUT2D eigenvalue weighted by atomic mass is 35.5. The molecule has 1 aromatic carbocycles. The fourth-order valence-electron chi connectivity index (χ4n) is 4.43. The van der Waals surface area contributed by atoms with Gasteiger partial charge in [0.25, 0.3) is 0 Å². The van der Waals surface area contributed by atoms with Crippen LogP contribution in [0.4, 0.5) is 4.79 Å². The van der Waals surface area contributed by atoms with E-state index in [2.05, 4.69) is 25.2 Å². The number of β-amino-alcohol motifs (C(OH)–C–C–N with tert-alkyl or cyclic N) is 1. The summed E-state index contributed by atoms with van der Waals surface area (Å²) in [5, 5.41) is 13.7. The van der Waals surface area contributed by atoms with Gasteiger partial charge in [-0.1, -0.05) is 11.6 Å². The number of aromatic nitrogens is 3. The van der Waals surface area contributed by atoms with Crippen molar-refractivity contribution in [1.82, 2.24) is 25.2 Å². The van der Waals surface area contributed by atoms with Gasteiger partial charge in [0.05, 0.1) is 42.3 Å². The van der Waals surface area contributed by atoms with Gasteiger partial charge in [-0.15, -0.1) is 0 Å². The number of piperidine rings is 1. The fourth-order valence-corrected chi connectivity index (χ4v) is 4.64. The van der Waals surface area contributed by atoms with Gasteiger partial charge in [-0.25, -0.2) is 14.8 Å². The summed E-state index contributed by atoms with van der Waals surface area (Å²) in [7, 11) is 1.50. The molecule has 0 radical (unpaired) electrons. The minimum absolute atomic E-state index is 0.0322. The Bertz CT molecular complexity index is 1310. The fraction of sp³-hybridized carbons (Fsp3) is 0.462. The lowest BCUT2D eigenvalue weighted by Crippen LogP contribution is -2.43. The van der Waals surface area contributed by atoms with Gasteiger partial charge < -0.3 is 39.0 Å². The number of fused-ring (bicyclic) bond motifs is 2. The molecule has 208 valence electrons. The highest BCUT2D eigenvalue weighted by molar-refractivity contribution is 6.33. The van der Waals surface area contributed by atoms with E-state index < -0.39 is 12.2 Å². The molecule has 0 saturated carbocycles. The molecule has 0 bridgehead atoms. The van der Waals surface area contributed by atoms with Crippen molar-refractivity contribution >= 4 is 28.7 Å². The summed E-state index contributed by atoms with van der Waals surface area (Å²) in [6.07, 6.45) is 2.98. The Labute approximate surface area is 230 Å². The van der Waals surface area contributed by atoms with E-state index in [9.17, 15) is 9.90 Å². The highest BCUT2D eigenvalue weighted by Crippen LogP contribution is 2.32. The Balaban J connectivity index is 1.04. The maximum Gasteiger partial charge on any atom is 0.407 e.